The molecule has 1 amide bonds. The normalized spacial score (nSPS) is 20.2. The first-order valence-corrected chi connectivity index (χ1v) is 8.26. The van der Waals surface area contributed by atoms with Crippen LogP contribution in [0.1, 0.15) is 47.1 Å². The zero-order valence-corrected chi connectivity index (χ0v) is 13.3. The number of nitrogens with zero attached hydrogens (tertiary/aromatic N) is 4. The molecular formula is C17H21N5O. The molecule has 0 radical (unpaired) electrons. The van der Waals surface area contributed by atoms with Crippen molar-refractivity contribution in [2.75, 3.05) is 18.4 Å². The van der Waals surface area contributed by atoms with Crippen LogP contribution in [0.15, 0.2) is 24.5 Å². The average molecular weight is 311 g/mol. The van der Waals surface area contributed by atoms with E-state index in [1.807, 2.05) is 28.6 Å². The lowest BCUT2D eigenvalue weighted by molar-refractivity contribution is 0.0726. The van der Waals surface area contributed by atoms with E-state index in [1.165, 1.54) is 0 Å². The summed E-state index contributed by atoms with van der Waals surface area (Å²) >= 11 is 0. The molecule has 0 saturated carbocycles. The number of aromatic nitrogens is 3. The van der Waals surface area contributed by atoms with Crippen molar-refractivity contribution in [1.29, 1.82) is 0 Å². The number of rotatable bonds is 2. The number of anilines is 1. The Labute approximate surface area is 135 Å². The van der Waals surface area contributed by atoms with Gasteiger partial charge in [0.25, 0.3) is 5.91 Å². The van der Waals surface area contributed by atoms with Crippen molar-refractivity contribution in [2.24, 2.45) is 7.05 Å². The summed E-state index contributed by atoms with van der Waals surface area (Å²) in [6.07, 6.45) is 5.70. The van der Waals surface area contributed by atoms with Gasteiger partial charge >= 0.3 is 0 Å². The minimum atomic E-state index is 0.0300. The summed E-state index contributed by atoms with van der Waals surface area (Å²) in [5.41, 5.74) is 3.10. The smallest absolute Gasteiger partial charge is 0.254 e. The Morgan fingerprint density at radius 2 is 2.26 bits per heavy atom. The molecule has 2 aliphatic heterocycles. The van der Waals surface area contributed by atoms with Gasteiger partial charge in [0.2, 0.25) is 0 Å². The number of nitrogens with one attached hydrogen (secondary N) is 1. The molecule has 0 aliphatic carbocycles. The SMILES string of the molecule is Cn1cnnc1C1CCCN1C(=O)c1cccc2c1CCCN2. The fraction of sp³-hybridized carbons (Fsp3) is 0.471. The number of carbonyl (C=O) groups is 1. The predicted molar refractivity (Wildman–Crippen MR) is 87.3 cm³/mol. The van der Waals surface area contributed by atoms with Gasteiger partial charge in [0.15, 0.2) is 5.82 Å². The highest BCUT2D eigenvalue weighted by Gasteiger charge is 2.34. The highest BCUT2D eigenvalue weighted by molar-refractivity contribution is 5.97. The molecule has 120 valence electrons. The van der Waals surface area contributed by atoms with Crippen LogP contribution in [0.5, 0.6) is 0 Å². The lowest BCUT2D eigenvalue weighted by Gasteiger charge is -2.27. The molecule has 2 aliphatic rings. The highest BCUT2D eigenvalue weighted by Crippen LogP contribution is 2.34. The Bertz CT molecular complexity index is 738. The maximum absolute atomic E-state index is 13.2. The minimum absolute atomic E-state index is 0.0300. The largest absolute Gasteiger partial charge is 0.385 e. The second-order valence-corrected chi connectivity index (χ2v) is 6.32. The molecule has 2 aromatic rings. The maximum atomic E-state index is 13.2. The maximum Gasteiger partial charge on any atom is 0.254 e. The van der Waals surface area contributed by atoms with Gasteiger partial charge in [0.1, 0.15) is 6.33 Å². The van der Waals surface area contributed by atoms with Gasteiger partial charge in [-0.05, 0) is 43.4 Å². The molecule has 1 atom stereocenters. The van der Waals surface area contributed by atoms with E-state index in [0.717, 1.165) is 61.4 Å². The third kappa shape index (κ3) is 2.38. The number of benzene rings is 1. The molecule has 4 rings (SSSR count). The zero-order valence-electron chi connectivity index (χ0n) is 13.3. The standard InChI is InChI=1S/C17H21N5O/c1-21-11-19-20-16(21)15-8-4-10-22(15)17(23)13-5-2-7-14-12(13)6-3-9-18-14/h2,5,7,11,15,18H,3-4,6,8-10H2,1H3. The Hall–Kier alpha value is -2.37. The van der Waals surface area contributed by atoms with Crippen LogP contribution in [0.25, 0.3) is 0 Å². The lowest BCUT2D eigenvalue weighted by atomic mass is 9.96. The fourth-order valence-electron chi connectivity index (χ4n) is 3.74. The van der Waals surface area contributed by atoms with Crippen molar-refractivity contribution in [3.8, 4) is 0 Å². The molecule has 0 spiro atoms. The van der Waals surface area contributed by atoms with E-state index in [2.05, 4.69) is 21.6 Å². The molecule has 23 heavy (non-hydrogen) atoms. The molecule has 1 N–H and O–H groups in total. The molecule has 3 heterocycles. The Morgan fingerprint density at radius 3 is 3.09 bits per heavy atom. The Morgan fingerprint density at radius 1 is 1.35 bits per heavy atom. The molecule has 6 nitrogen and oxygen atoms in total. The van der Waals surface area contributed by atoms with Crippen molar-refractivity contribution >= 4 is 11.6 Å². The Kier molecular flexibility index (Phi) is 3.52. The summed E-state index contributed by atoms with van der Waals surface area (Å²) < 4.78 is 1.91. The lowest BCUT2D eigenvalue weighted by Crippen LogP contribution is -2.33. The third-order valence-corrected chi connectivity index (χ3v) is 4.88. The predicted octanol–water partition coefficient (Wildman–Crippen LogP) is 2.15. The summed E-state index contributed by atoms with van der Waals surface area (Å²) in [4.78, 5) is 15.1. The van der Waals surface area contributed by atoms with Crippen LogP contribution in [-0.2, 0) is 13.5 Å². The number of amides is 1. The van der Waals surface area contributed by atoms with Gasteiger partial charge in [-0.15, -0.1) is 10.2 Å². The van der Waals surface area contributed by atoms with Crippen molar-refractivity contribution in [3.63, 3.8) is 0 Å². The fourth-order valence-corrected chi connectivity index (χ4v) is 3.74. The minimum Gasteiger partial charge on any atom is -0.385 e. The van der Waals surface area contributed by atoms with Gasteiger partial charge in [-0.3, -0.25) is 4.79 Å². The van der Waals surface area contributed by atoms with E-state index in [-0.39, 0.29) is 11.9 Å². The third-order valence-electron chi connectivity index (χ3n) is 4.88. The molecule has 1 aromatic heterocycles. The molecule has 1 aromatic carbocycles. The van der Waals surface area contributed by atoms with Crippen LogP contribution >= 0.6 is 0 Å². The quantitative estimate of drug-likeness (QED) is 0.923. The van der Waals surface area contributed by atoms with Crippen LogP contribution in [0.3, 0.4) is 0 Å². The first-order valence-electron chi connectivity index (χ1n) is 8.26. The van der Waals surface area contributed by atoms with E-state index < -0.39 is 0 Å². The van der Waals surface area contributed by atoms with Crippen LogP contribution in [0.2, 0.25) is 0 Å². The van der Waals surface area contributed by atoms with Crippen molar-refractivity contribution < 1.29 is 4.79 Å². The van der Waals surface area contributed by atoms with Crippen LogP contribution in [0, 0.1) is 0 Å². The van der Waals surface area contributed by atoms with Crippen molar-refractivity contribution in [3.05, 3.63) is 41.5 Å². The van der Waals surface area contributed by atoms with E-state index in [4.69, 9.17) is 0 Å². The zero-order chi connectivity index (χ0) is 15.8. The summed E-state index contributed by atoms with van der Waals surface area (Å²) in [5, 5.41) is 11.6. The summed E-state index contributed by atoms with van der Waals surface area (Å²) in [6.45, 7) is 1.77. The van der Waals surface area contributed by atoms with Gasteiger partial charge < -0.3 is 14.8 Å². The topological polar surface area (TPSA) is 63.1 Å². The van der Waals surface area contributed by atoms with Crippen LogP contribution in [-0.4, -0.2) is 38.7 Å². The number of aryl methyl sites for hydroxylation is 1. The monoisotopic (exact) mass is 311 g/mol. The highest BCUT2D eigenvalue weighted by atomic mass is 16.2. The van der Waals surface area contributed by atoms with Crippen LogP contribution < -0.4 is 5.32 Å². The number of likely N-dealkylation sites (tertiary alicyclic amines) is 1. The Balaban J connectivity index is 1.68. The molecule has 1 saturated heterocycles. The van der Waals surface area contributed by atoms with Gasteiger partial charge in [-0.1, -0.05) is 6.07 Å². The summed E-state index contributed by atoms with van der Waals surface area (Å²) in [7, 11) is 1.94. The van der Waals surface area contributed by atoms with E-state index in [0.29, 0.717) is 0 Å². The van der Waals surface area contributed by atoms with Gasteiger partial charge in [-0.25, -0.2) is 0 Å². The number of hydrogen-bond acceptors (Lipinski definition) is 4. The molecule has 6 heteroatoms. The molecule has 1 fully saturated rings. The number of hydrogen-bond donors (Lipinski definition) is 1. The van der Waals surface area contributed by atoms with Gasteiger partial charge in [-0.2, -0.15) is 0 Å². The molecule has 0 bridgehead atoms. The first kappa shape index (κ1) is 14.2. The summed E-state index contributed by atoms with van der Waals surface area (Å²) in [6, 6.07) is 6.02. The van der Waals surface area contributed by atoms with E-state index >= 15 is 0 Å². The van der Waals surface area contributed by atoms with Crippen LogP contribution in [0.4, 0.5) is 5.69 Å². The van der Waals surface area contributed by atoms with Crippen molar-refractivity contribution in [1.82, 2.24) is 19.7 Å². The van der Waals surface area contributed by atoms with E-state index in [1.54, 1.807) is 6.33 Å². The average Bonchev–Trinajstić information content (AvgIpc) is 3.22. The molecule has 1 unspecified atom stereocenters. The second-order valence-electron chi connectivity index (χ2n) is 6.32. The van der Waals surface area contributed by atoms with Gasteiger partial charge in [0, 0.05) is 31.4 Å². The number of carbonyl (C=O) groups excluding carboxylic acids is 1. The van der Waals surface area contributed by atoms with Gasteiger partial charge in [0.05, 0.1) is 6.04 Å². The van der Waals surface area contributed by atoms with Crippen molar-refractivity contribution in [2.45, 2.75) is 31.7 Å². The second kappa shape index (κ2) is 5.68. The number of fused-ring (bicyclic) bond motifs is 1. The first-order chi connectivity index (χ1) is 11.3. The van der Waals surface area contributed by atoms with E-state index in [9.17, 15) is 4.79 Å². The molecular weight excluding hydrogens is 290 g/mol. The summed E-state index contributed by atoms with van der Waals surface area (Å²) in [5.74, 6) is 0.995.